The van der Waals surface area contributed by atoms with Crippen molar-refractivity contribution < 1.29 is 17.6 Å². The van der Waals surface area contributed by atoms with E-state index in [9.17, 15) is 13.2 Å². The predicted octanol–water partition coefficient (Wildman–Crippen LogP) is 2.96. The van der Waals surface area contributed by atoms with Crippen LogP contribution in [0.3, 0.4) is 0 Å². The van der Waals surface area contributed by atoms with Gasteiger partial charge >= 0.3 is 6.18 Å². The van der Waals surface area contributed by atoms with Gasteiger partial charge in [-0.05, 0) is 12.1 Å². The molecule has 0 bridgehead atoms. The van der Waals surface area contributed by atoms with E-state index in [1.165, 1.54) is 6.26 Å². The zero-order valence-corrected chi connectivity index (χ0v) is 12.3. The number of nitrogen functional groups attached to an aromatic ring is 1. The third-order valence-electron chi connectivity index (χ3n) is 2.84. The van der Waals surface area contributed by atoms with E-state index >= 15 is 0 Å². The lowest BCUT2D eigenvalue weighted by Crippen LogP contribution is -2.21. The first kappa shape index (κ1) is 15.4. The molecule has 0 unspecified atom stereocenters. The van der Waals surface area contributed by atoms with Crippen molar-refractivity contribution in [3.05, 3.63) is 48.1 Å². The molecule has 0 amide bonds. The first-order valence-electron chi connectivity index (χ1n) is 6.35. The van der Waals surface area contributed by atoms with Crippen molar-refractivity contribution >= 4 is 11.8 Å². The van der Waals surface area contributed by atoms with Crippen LogP contribution in [0.2, 0.25) is 0 Å². The molecule has 0 aliphatic carbocycles. The maximum absolute atomic E-state index is 12.6. The molecular weight excluding hydrogens is 331 g/mol. The van der Waals surface area contributed by atoms with Gasteiger partial charge < -0.3 is 10.3 Å². The molecule has 6 nitrogen and oxygen atoms in total. The molecule has 0 saturated heterocycles. The van der Waals surface area contributed by atoms with Gasteiger partial charge in [-0.15, -0.1) is 10.2 Å². The Balaban J connectivity index is 1.70. The van der Waals surface area contributed by atoms with E-state index in [0.29, 0.717) is 16.3 Å². The van der Waals surface area contributed by atoms with Crippen LogP contribution in [0.15, 0.2) is 46.2 Å². The maximum Gasteiger partial charge on any atom is 0.453 e. The van der Waals surface area contributed by atoms with E-state index in [1.54, 1.807) is 0 Å². The first-order chi connectivity index (χ1) is 10.9. The molecule has 0 spiro atoms. The van der Waals surface area contributed by atoms with Gasteiger partial charge in [-0.25, -0.2) is 9.66 Å². The minimum absolute atomic E-state index is 0.0541. The Hall–Kier alpha value is -2.49. The standard InChI is InChI=1S/C13H10F3N5OS/c14-13(15,16)11-19-20-12(21(11)17)23-7-9-6-22-10(18-9)8-4-2-1-3-5-8/h1-6H,7,17H2. The van der Waals surface area contributed by atoms with Crippen LogP contribution in [-0.4, -0.2) is 19.9 Å². The van der Waals surface area contributed by atoms with Crippen LogP contribution in [0.1, 0.15) is 11.5 Å². The summed E-state index contributed by atoms with van der Waals surface area (Å²) in [5.41, 5.74) is 1.37. The van der Waals surface area contributed by atoms with Gasteiger partial charge in [0.2, 0.25) is 11.0 Å². The number of rotatable bonds is 4. The van der Waals surface area contributed by atoms with Crippen molar-refractivity contribution in [2.24, 2.45) is 0 Å². The molecule has 120 valence electrons. The summed E-state index contributed by atoms with van der Waals surface area (Å²) in [6.45, 7) is 0. The Morgan fingerprint density at radius 2 is 1.91 bits per heavy atom. The highest BCUT2D eigenvalue weighted by atomic mass is 32.2. The van der Waals surface area contributed by atoms with Gasteiger partial charge in [0.25, 0.3) is 5.82 Å². The van der Waals surface area contributed by atoms with Crippen molar-refractivity contribution in [3.63, 3.8) is 0 Å². The fraction of sp³-hybridized carbons (Fsp3) is 0.154. The number of hydrogen-bond acceptors (Lipinski definition) is 6. The summed E-state index contributed by atoms with van der Waals surface area (Å²) >= 11 is 0.987. The summed E-state index contributed by atoms with van der Waals surface area (Å²) in [5.74, 6) is 4.80. The average molecular weight is 341 g/mol. The lowest BCUT2D eigenvalue weighted by atomic mass is 10.2. The molecule has 23 heavy (non-hydrogen) atoms. The second-order valence-corrected chi connectivity index (χ2v) is 5.42. The predicted molar refractivity (Wildman–Crippen MR) is 76.7 cm³/mol. The highest BCUT2D eigenvalue weighted by Crippen LogP contribution is 2.30. The second kappa shape index (κ2) is 5.95. The van der Waals surface area contributed by atoms with Crippen molar-refractivity contribution in [1.82, 2.24) is 19.9 Å². The summed E-state index contributed by atoms with van der Waals surface area (Å²) in [7, 11) is 0. The number of nitrogens with zero attached hydrogens (tertiary/aromatic N) is 4. The molecule has 2 N–H and O–H groups in total. The number of oxazole rings is 1. The molecule has 0 saturated carbocycles. The van der Waals surface area contributed by atoms with Crippen LogP contribution in [0.25, 0.3) is 11.5 Å². The van der Waals surface area contributed by atoms with Gasteiger partial charge in [0.05, 0.1) is 5.69 Å². The third kappa shape index (κ3) is 3.31. The van der Waals surface area contributed by atoms with Crippen LogP contribution in [0, 0.1) is 0 Å². The van der Waals surface area contributed by atoms with Crippen LogP contribution >= 0.6 is 11.8 Å². The Bertz CT molecular complexity index is 800. The molecular formula is C13H10F3N5OS. The highest BCUT2D eigenvalue weighted by molar-refractivity contribution is 7.98. The summed E-state index contributed by atoms with van der Waals surface area (Å²) < 4.78 is 43.5. The Kier molecular flexibility index (Phi) is 3.99. The molecule has 0 atom stereocenters. The number of alkyl halides is 3. The zero-order valence-electron chi connectivity index (χ0n) is 11.5. The molecule has 2 heterocycles. The van der Waals surface area contributed by atoms with Crippen LogP contribution in [-0.2, 0) is 11.9 Å². The van der Waals surface area contributed by atoms with Gasteiger partial charge in [-0.1, -0.05) is 30.0 Å². The van der Waals surface area contributed by atoms with Crippen LogP contribution in [0.5, 0.6) is 0 Å². The monoisotopic (exact) mass is 341 g/mol. The molecule has 3 aromatic rings. The van der Waals surface area contributed by atoms with Gasteiger partial charge in [0.15, 0.2) is 0 Å². The van der Waals surface area contributed by atoms with Crippen LogP contribution in [0.4, 0.5) is 13.2 Å². The van der Waals surface area contributed by atoms with Crippen LogP contribution < -0.4 is 5.84 Å². The Morgan fingerprint density at radius 1 is 1.17 bits per heavy atom. The lowest BCUT2D eigenvalue weighted by molar-refractivity contribution is -0.146. The molecule has 0 fully saturated rings. The first-order valence-corrected chi connectivity index (χ1v) is 7.34. The highest BCUT2D eigenvalue weighted by Gasteiger charge is 2.38. The van der Waals surface area contributed by atoms with Gasteiger partial charge in [0.1, 0.15) is 6.26 Å². The van der Waals surface area contributed by atoms with Gasteiger partial charge in [0, 0.05) is 11.3 Å². The molecule has 2 aromatic heterocycles. The van der Waals surface area contributed by atoms with E-state index in [1.807, 2.05) is 30.3 Å². The largest absolute Gasteiger partial charge is 0.453 e. The number of hydrogen-bond donors (Lipinski definition) is 1. The van der Waals surface area contributed by atoms with Crippen molar-refractivity contribution in [2.45, 2.75) is 17.1 Å². The summed E-state index contributed by atoms with van der Waals surface area (Å²) in [6.07, 6.45) is -3.20. The third-order valence-corrected chi connectivity index (χ3v) is 3.82. The summed E-state index contributed by atoms with van der Waals surface area (Å²) in [5, 5.41) is 6.43. The topological polar surface area (TPSA) is 82.8 Å². The van der Waals surface area contributed by atoms with Crippen molar-refractivity contribution in [2.75, 3.05) is 5.84 Å². The second-order valence-electron chi connectivity index (χ2n) is 4.47. The molecule has 0 radical (unpaired) electrons. The minimum Gasteiger partial charge on any atom is -0.444 e. The zero-order chi connectivity index (χ0) is 16.4. The average Bonchev–Trinajstić information content (AvgIpc) is 3.12. The quantitative estimate of drug-likeness (QED) is 0.580. The minimum atomic E-state index is -4.64. The summed E-state index contributed by atoms with van der Waals surface area (Å²) in [4.78, 5) is 4.27. The fourth-order valence-corrected chi connectivity index (χ4v) is 2.53. The lowest BCUT2D eigenvalue weighted by Gasteiger charge is -2.05. The number of thioether (sulfide) groups is 1. The van der Waals surface area contributed by atoms with E-state index in [-0.39, 0.29) is 10.9 Å². The van der Waals surface area contributed by atoms with E-state index in [4.69, 9.17) is 10.3 Å². The normalized spacial score (nSPS) is 11.8. The maximum atomic E-state index is 12.6. The van der Waals surface area contributed by atoms with Gasteiger partial charge in [-0.2, -0.15) is 13.2 Å². The van der Waals surface area contributed by atoms with E-state index in [2.05, 4.69) is 15.2 Å². The van der Waals surface area contributed by atoms with E-state index in [0.717, 1.165) is 17.3 Å². The number of aromatic nitrogens is 4. The number of nitrogens with two attached hydrogens (primary N) is 1. The molecule has 3 rings (SSSR count). The number of halogens is 3. The molecule has 1 aromatic carbocycles. The van der Waals surface area contributed by atoms with Gasteiger partial charge in [-0.3, -0.25) is 0 Å². The van der Waals surface area contributed by atoms with Crippen molar-refractivity contribution in [3.8, 4) is 11.5 Å². The number of benzene rings is 1. The SMILES string of the molecule is Nn1c(SCc2coc(-c3ccccc3)n2)nnc1C(F)(F)F. The Morgan fingerprint density at radius 3 is 2.57 bits per heavy atom. The molecule has 0 aliphatic heterocycles. The smallest absolute Gasteiger partial charge is 0.444 e. The Labute approximate surface area is 132 Å². The summed E-state index contributed by atoms with van der Waals surface area (Å²) in [6, 6.07) is 9.26. The van der Waals surface area contributed by atoms with E-state index < -0.39 is 12.0 Å². The van der Waals surface area contributed by atoms with Crippen molar-refractivity contribution in [1.29, 1.82) is 0 Å². The molecule has 10 heteroatoms. The fourth-order valence-electron chi connectivity index (χ4n) is 1.79. The molecule has 0 aliphatic rings.